The summed E-state index contributed by atoms with van der Waals surface area (Å²) >= 11 is 0. The van der Waals surface area contributed by atoms with Gasteiger partial charge < -0.3 is 14.7 Å². The summed E-state index contributed by atoms with van der Waals surface area (Å²) in [5, 5.41) is 17.5. The van der Waals surface area contributed by atoms with E-state index < -0.39 is 5.97 Å². The molecule has 0 spiro atoms. The maximum Gasteiger partial charge on any atom is 0.339 e. The fraction of sp³-hybridized carbons (Fsp3) is 0.615. The van der Waals surface area contributed by atoms with Gasteiger partial charge in [0.1, 0.15) is 5.56 Å². The van der Waals surface area contributed by atoms with Gasteiger partial charge in [-0.15, -0.1) is 5.10 Å². The molecule has 1 fully saturated rings. The minimum Gasteiger partial charge on any atom is -0.478 e. The Kier molecular flexibility index (Phi) is 3.99. The van der Waals surface area contributed by atoms with Crippen LogP contribution in [0.4, 0.5) is 5.82 Å². The van der Waals surface area contributed by atoms with Crippen LogP contribution in [0.2, 0.25) is 0 Å². The maximum absolute atomic E-state index is 11.5. The lowest BCUT2D eigenvalue weighted by atomic mass is 10.0. The number of ether oxygens (including phenoxy) is 1. The Morgan fingerprint density at radius 1 is 1.32 bits per heavy atom. The summed E-state index contributed by atoms with van der Waals surface area (Å²) in [5.41, 5.74) is 1.58. The molecule has 2 rings (SSSR count). The monoisotopic (exact) mass is 265 g/mol. The smallest absolute Gasteiger partial charge is 0.339 e. The van der Waals surface area contributed by atoms with Gasteiger partial charge in [-0.3, -0.25) is 0 Å². The van der Waals surface area contributed by atoms with Gasteiger partial charge in [0.25, 0.3) is 0 Å². The van der Waals surface area contributed by atoms with Crippen molar-refractivity contribution in [3.05, 3.63) is 16.8 Å². The Bertz CT molecular complexity index is 484. The highest BCUT2D eigenvalue weighted by atomic mass is 16.5. The molecule has 1 aliphatic heterocycles. The van der Waals surface area contributed by atoms with Crippen molar-refractivity contribution in [2.75, 3.05) is 25.2 Å². The fourth-order valence-corrected chi connectivity index (χ4v) is 2.34. The Morgan fingerprint density at radius 2 is 1.95 bits per heavy atom. The molecule has 0 atom stereocenters. The molecular formula is C13H19N3O3. The zero-order chi connectivity index (χ0) is 14.0. The van der Waals surface area contributed by atoms with E-state index in [-0.39, 0.29) is 11.6 Å². The fourth-order valence-electron chi connectivity index (χ4n) is 2.34. The van der Waals surface area contributed by atoms with Gasteiger partial charge in [-0.1, -0.05) is 0 Å². The maximum atomic E-state index is 11.5. The number of hydrogen-bond acceptors (Lipinski definition) is 5. The summed E-state index contributed by atoms with van der Waals surface area (Å²) in [6.07, 6.45) is 1.76. The Hall–Kier alpha value is -1.69. The number of anilines is 1. The summed E-state index contributed by atoms with van der Waals surface area (Å²) in [4.78, 5) is 13.4. The third kappa shape index (κ3) is 2.68. The van der Waals surface area contributed by atoms with Crippen LogP contribution in [-0.4, -0.2) is 47.6 Å². The van der Waals surface area contributed by atoms with Gasteiger partial charge in [-0.2, -0.15) is 5.10 Å². The van der Waals surface area contributed by atoms with Crippen molar-refractivity contribution in [1.29, 1.82) is 0 Å². The van der Waals surface area contributed by atoms with E-state index in [1.807, 2.05) is 11.9 Å². The van der Waals surface area contributed by atoms with E-state index in [0.717, 1.165) is 12.8 Å². The van der Waals surface area contributed by atoms with Gasteiger partial charge in [0.2, 0.25) is 0 Å². The number of rotatable bonds is 3. The van der Waals surface area contributed by atoms with Gasteiger partial charge in [0, 0.05) is 26.3 Å². The normalized spacial score (nSPS) is 16.4. The van der Waals surface area contributed by atoms with Crippen molar-refractivity contribution < 1.29 is 14.6 Å². The molecule has 0 radical (unpaired) electrons. The zero-order valence-corrected chi connectivity index (χ0v) is 11.5. The van der Waals surface area contributed by atoms with Gasteiger partial charge >= 0.3 is 5.97 Å². The number of aromatic carboxylic acids is 1. The molecule has 1 N–H and O–H groups in total. The largest absolute Gasteiger partial charge is 0.478 e. The van der Waals surface area contributed by atoms with Crippen molar-refractivity contribution in [1.82, 2.24) is 10.2 Å². The Labute approximate surface area is 112 Å². The molecule has 0 aromatic carbocycles. The summed E-state index contributed by atoms with van der Waals surface area (Å²) < 4.78 is 5.33. The molecule has 0 bridgehead atoms. The third-order valence-electron chi connectivity index (χ3n) is 3.72. The van der Waals surface area contributed by atoms with Crippen molar-refractivity contribution in [2.24, 2.45) is 0 Å². The number of hydrogen-bond donors (Lipinski definition) is 1. The Balaban J connectivity index is 2.38. The average molecular weight is 265 g/mol. The van der Waals surface area contributed by atoms with E-state index in [1.165, 1.54) is 0 Å². The lowest BCUT2D eigenvalue weighted by Gasteiger charge is -2.32. The van der Waals surface area contributed by atoms with Crippen LogP contribution in [0.15, 0.2) is 0 Å². The molecule has 2 heterocycles. The molecule has 1 aromatic heterocycles. The Morgan fingerprint density at radius 3 is 2.53 bits per heavy atom. The topological polar surface area (TPSA) is 75.5 Å². The molecule has 0 unspecified atom stereocenters. The molecule has 0 amide bonds. The number of aryl methyl sites for hydroxylation is 1. The van der Waals surface area contributed by atoms with Crippen LogP contribution in [0, 0.1) is 13.8 Å². The number of aromatic nitrogens is 2. The predicted octanol–water partition coefficient (Wildman–Crippen LogP) is 1.41. The average Bonchev–Trinajstić information content (AvgIpc) is 2.41. The van der Waals surface area contributed by atoms with Crippen molar-refractivity contribution in [3.63, 3.8) is 0 Å². The highest BCUT2D eigenvalue weighted by molar-refractivity contribution is 5.95. The van der Waals surface area contributed by atoms with Crippen molar-refractivity contribution in [3.8, 4) is 0 Å². The van der Waals surface area contributed by atoms with Gasteiger partial charge in [-0.25, -0.2) is 4.79 Å². The molecule has 6 heteroatoms. The van der Waals surface area contributed by atoms with Crippen molar-refractivity contribution in [2.45, 2.75) is 32.7 Å². The highest BCUT2D eigenvalue weighted by Gasteiger charge is 2.26. The first-order valence-corrected chi connectivity index (χ1v) is 6.40. The van der Waals surface area contributed by atoms with Crippen LogP contribution in [0.3, 0.4) is 0 Å². The summed E-state index contributed by atoms with van der Waals surface area (Å²) in [5.74, 6) is -0.507. The lowest BCUT2D eigenvalue weighted by Crippen LogP contribution is -2.38. The zero-order valence-electron chi connectivity index (χ0n) is 11.5. The first kappa shape index (κ1) is 13.7. The van der Waals surface area contributed by atoms with Gasteiger partial charge in [0.15, 0.2) is 5.82 Å². The number of nitrogens with zero attached hydrogens (tertiary/aromatic N) is 3. The van der Waals surface area contributed by atoms with Crippen LogP contribution in [0.25, 0.3) is 0 Å². The molecule has 1 aliphatic rings. The van der Waals surface area contributed by atoms with Gasteiger partial charge in [-0.05, 0) is 32.3 Å². The third-order valence-corrected chi connectivity index (χ3v) is 3.72. The number of carbonyl (C=O) groups is 1. The summed E-state index contributed by atoms with van der Waals surface area (Å²) in [6.45, 7) is 4.95. The van der Waals surface area contributed by atoms with E-state index in [1.54, 1.807) is 13.8 Å². The predicted molar refractivity (Wildman–Crippen MR) is 70.7 cm³/mol. The molecule has 104 valence electrons. The first-order valence-electron chi connectivity index (χ1n) is 6.40. The van der Waals surface area contributed by atoms with Gasteiger partial charge in [0.05, 0.1) is 5.69 Å². The van der Waals surface area contributed by atoms with Crippen LogP contribution >= 0.6 is 0 Å². The second kappa shape index (κ2) is 5.52. The van der Waals surface area contributed by atoms with Crippen molar-refractivity contribution >= 4 is 11.8 Å². The van der Waals surface area contributed by atoms with E-state index in [2.05, 4.69) is 10.2 Å². The molecule has 0 saturated carbocycles. The molecule has 1 aromatic rings. The molecule has 1 saturated heterocycles. The van der Waals surface area contributed by atoms with Crippen LogP contribution in [-0.2, 0) is 4.74 Å². The van der Waals surface area contributed by atoms with Crippen LogP contribution in [0.5, 0.6) is 0 Å². The molecular weight excluding hydrogens is 246 g/mol. The molecule has 0 aliphatic carbocycles. The highest BCUT2D eigenvalue weighted by Crippen LogP contribution is 2.25. The summed E-state index contributed by atoms with van der Waals surface area (Å²) in [6, 6.07) is 0.253. The minimum absolute atomic E-state index is 0.251. The second-order valence-corrected chi connectivity index (χ2v) is 4.87. The molecule has 19 heavy (non-hydrogen) atoms. The standard InChI is InChI=1S/C13H19N3O3/c1-8-9(2)14-15-12(11(8)13(17)18)16(3)10-4-6-19-7-5-10/h10H,4-7H2,1-3H3,(H,17,18). The first-order chi connectivity index (χ1) is 9.02. The minimum atomic E-state index is -0.954. The number of carboxylic acids is 1. The van der Waals surface area contributed by atoms with Crippen LogP contribution in [0.1, 0.15) is 34.5 Å². The van der Waals surface area contributed by atoms with E-state index in [9.17, 15) is 9.90 Å². The van der Waals surface area contributed by atoms with E-state index >= 15 is 0 Å². The molecule has 6 nitrogen and oxygen atoms in total. The van der Waals surface area contributed by atoms with Crippen LogP contribution < -0.4 is 4.90 Å². The SMILES string of the molecule is Cc1nnc(N(C)C2CCOCC2)c(C(=O)O)c1C. The number of carboxylic acid groups (broad SMARTS) is 1. The summed E-state index contributed by atoms with van der Waals surface area (Å²) in [7, 11) is 1.88. The van der Waals surface area contributed by atoms with E-state index in [0.29, 0.717) is 30.3 Å². The quantitative estimate of drug-likeness (QED) is 0.890. The van der Waals surface area contributed by atoms with E-state index in [4.69, 9.17) is 4.74 Å². The lowest BCUT2D eigenvalue weighted by molar-refractivity contribution is 0.0695. The second-order valence-electron chi connectivity index (χ2n) is 4.87.